The SMILES string of the molecule is c1ccc(N2CCN(CCCCOc3ccc4c(c3)CCC4)CC2)cc1. The summed E-state index contributed by atoms with van der Waals surface area (Å²) >= 11 is 0. The molecule has 0 bridgehead atoms. The number of unbranched alkanes of at least 4 members (excludes halogenated alkanes) is 1. The lowest BCUT2D eigenvalue weighted by Crippen LogP contribution is -2.46. The molecule has 0 spiro atoms. The van der Waals surface area contributed by atoms with Crippen LogP contribution in [0.1, 0.15) is 30.4 Å². The van der Waals surface area contributed by atoms with Crippen molar-refractivity contribution >= 4 is 5.69 Å². The molecule has 4 rings (SSSR count). The van der Waals surface area contributed by atoms with E-state index in [1.807, 2.05) is 0 Å². The molecule has 0 saturated carbocycles. The zero-order valence-electron chi connectivity index (χ0n) is 15.7. The highest BCUT2D eigenvalue weighted by Gasteiger charge is 2.16. The Morgan fingerprint density at radius 2 is 1.62 bits per heavy atom. The zero-order valence-corrected chi connectivity index (χ0v) is 15.7. The molecule has 2 aliphatic rings. The highest BCUT2D eigenvalue weighted by Crippen LogP contribution is 2.26. The van der Waals surface area contributed by atoms with Gasteiger partial charge >= 0.3 is 0 Å². The van der Waals surface area contributed by atoms with Crippen LogP contribution in [0, 0.1) is 0 Å². The maximum absolute atomic E-state index is 5.97. The Balaban J connectivity index is 1.12. The van der Waals surface area contributed by atoms with Crippen molar-refractivity contribution in [2.45, 2.75) is 32.1 Å². The maximum Gasteiger partial charge on any atom is 0.119 e. The average Bonchev–Trinajstić information content (AvgIpc) is 3.17. The normalized spacial score (nSPS) is 17.3. The van der Waals surface area contributed by atoms with Crippen LogP contribution in [0.3, 0.4) is 0 Å². The number of fused-ring (bicyclic) bond motifs is 1. The number of nitrogens with zero attached hydrogens (tertiary/aromatic N) is 2. The number of hydrogen-bond acceptors (Lipinski definition) is 3. The number of benzene rings is 2. The van der Waals surface area contributed by atoms with E-state index in [4.69, 9.17) is 4.74 Å². The molecule has 138 valence electrons. The number of para-hydroxylation sites is 1. The van der Waals surface area contributed by atoms with E-state index in [0.29, 0.717) is 0 Å². The first kappa shape index (κ1) is 17.4. The Bertz CT molecular complexity index is 693. The van der Waals surface area contributed by atoms with Crippen molar-refractivity contribution in [2.75, 3.05) is 44.2 Å². The van der Waals surface area contributed by atoms with Crippen molar-refractivity contribution in [1.82, 2.24) is 4.90 Å². The Morgan fingerprint density at radius 1 is 0.808 bits per heavy atom. The van der Waals surface area contributed by atoms with E-state index in [0.717, 1.165) is 31.9 Å². The van der Waals surface area contributed by atoms with Gasteiger partial charge in [-0.05, 0) is 74.0 Å². The van der Waals surface area contributed by atoms with Crippen molar-refractivity contribution in [2.24, 2.45) is 0 Å². The van der Waals surface area contributed by atoms with Crippen LogP contribution >= 0.6 is 0 Å². The summed E-state index contributed by atoms with van der Waals surface area (Å²) in [6.07, 6.45) is 6.12. The quantitative estimate of drug-likeness (QED) is 0.698. The van der Waals surface area contributed by atoms with Gasteiger partial charge in [0.05, 0.1) is 6.61 Å². The second-order valence-electron chi connectivity index (χ2n) is 7.50. The molecule has 0 unspecified atom stereocenters. The van der Waals surface area contributed by atoms with E-state index < -0.39 is 0 Å². The van der Waals surface area contributed by atoms with Gasteiger partial charge in [-0.15, -0.1) is 0 Å². The third-order valence-corrected chi connectivity index (χ3v) is 5.70. The second kappa shape index (κ2) is 8.59. The maximum atomic E-state index is 5.97. The van der Waals surface area contributed by atoms with Crippen LogP contribution in [0.2, 0.25) is 0 Å². The monoisotopic (exact) mass is 350 g/mol. The number of aryl methyl sites for hydroxylation is 2. The Morgan fingerprint density at radius 3 is 2.46 bits per heavy atom. The van der Waals surface area contributed by atoms with Gasteiger partial charge in [0.2, 0.25) is 0 Å². The molecule has 1 fully saturated rings. The Labute approximate surface area is 157 Å². The predicted molar refractivity (Wildman–Crippen MR) is 108 cm³/mol. The lowest BCUT2D eigenvalue weighted by Gasteiger charge is -2.36. The molecular weight excluding hydrogens is 320 g/mol. The third kappa shape index (κ3) is 4.39. The largest absolute Gasteiger partial charge is 0.494 e. The summed E-state index contributed by atoms with van der Waals surface area (Å²) in [5.74, 6) is 1.06. The standard InChI is InChI=1S/C23H30N2O/c1-2-9-22(10-3-1)25-16-14-24(15-17-25)13-4-5-18-26-23-12-11-20-7-6-8-21(20)19-23/h1-3,9-12,19H,4-8,13-18H2. The Kier molecular flexibility index (Phi) is 5.75. The van der Waals surface area contributed by atoms with E-state index in [-0.39, 0.29) is 0 Å². The second-order valence-corrected chi connectivity index (χ2v) is 7.50. The summed E-state index contributed by atoms with van der Waals surface area (Å²) in [5, 5.41) is 0. The van der Waals surface area contributed by atoms with Gasteiger partial charge in [0.15, 0.2) is 0 Å². The van der Waals surface area contributed by atoms with Crippen LogP contribution in [-0.4, -0.2) is 44.2 Å². The lowest BCUT2D eigenvalue weighted by atomic mass is 10.1. The number of rotatable bonds is 7. The number of piperazine rings is 1. The van der Waals surface area contributed by atoms with Gasteiger partial charge in [0, 0.05) is 31.9 Å². The predicted octanol–water partition coefficient (Wildman–Crippen LogP) is 4.16. The first-order valence-corrected chi connectivity index (χ1v) is 10.2. The minimum absolute atomic E-state index is 0.836. The summed E-state index contributed by atoms with van der Waals surface area (Å²) in [6, 6.07) is 17.4. The molecule has 0 N–H and O–H groups in total. The van der Waals surface area contributed by atoms with E-state index in [9.17, 15) is 0 Å². The first-order chi connectivity index (χ1) is 12.9. The molecule has 0 amide bonds. The molecule has 26 heavy (non-hydrogen) atoms. The van der Waals surface area contributed by atoms with Crippen molar-refractivity contribution < 1.29 is 4.74 Å². The van der Waals surface area contributed by atoms with Crippen molar-refractivity contribution in [3.8, 4) is 5.75 Å². The Hall–Kier alpha value is -2.00. The molecule has 3 nitrogen and oxygen atoms in total. The molecule has 1 saturated heterocycles. The van der Waals surface area contributed by atoms with Gasteiger partial charge in [-0.1, -0.05) is 24.3 Å². The van der Waals surface area contributed by atoms with Gasteiger partial charge in [-0.3, -0.25) is 4.90 Å². The fraction of sp³-hybridized carbons (Fsp3) is 0.478. The summed E-state index contributed by atoms with van der Waals surface area (Å²) < 4.78 is 5.97. The summed E-state index contributed by atoms with van der Waals surface area (Å²) in [4.78, 5) is 5.09. The minimum atomic E-state index is 0.836. The molecule has 1 heterocycles. The topological polar surface area (TPSA) is 15.7 Å². The highest BCUT2D eigenvalue weighted by atomic mass is 16.5. The molecule has 1 aliphatic heterocycles. The van der Waals surface area contributed by atoms with Gasteiger partial charge in [0.25, 0.3) is 0 Å². The number of ether oxygens (including phenoxy) is 1. The summed E-state index contributed by atoms with van der Waals surface area (Å²) in [5.41, 5.74) is 4.38. The van der Waals surface area contributed by atoms with Crippen LogP contribution < -0.4 is 9.64 Å². The van der Waals surface area contributed by atoms with Crippen molar-refractivity contribution in [1.29, 1.82) is 0 Å². The summed E-state index contributed by atoms with van der Waals surface area (Å²) in [6.45, 7) is 6.63. The molecule has 2 aromatic carbocycles. The fourth-order valence-electron chi connectivity index (χ4n) is 4.13. The van der Waals surface area contributed by atoms with Crippen molar-refractivity contribution in [3.05, 3.63) is 59.7 Å². The summed E-state index contributed by atoms with van der Waals surface area (Å²) in [7, 11) is 0. The van der Waals surface area contributed by atoms with E-state index in [2.05, 4.69) is 58.3 Å². The zero-order chi connectivity index (χ0) is 17.6. The van der Waals surface area contributed by atoms with E-state index in [1.165, 1.54) is 62.1 Å². The lowest BCUT2D eigenvalue weighted by molar-refractivity contribution is 0.238. The highest BCUT2D eigenvalue weighted by molar-refractivity contribution is 5.46. The van der Waals surface area contributed by atoms with Gasteiger partial charge in [-0.25, -0.2) is 0 Å². The van der Waals surface area contributed by atoms with Gasteiger partial charge in [0.1, 0.15) is 5.75 Å². The van der Waals surface area contributed by atoms with Crippen LogP contribution in [-0.2, 0) is 12.8 Å². The molecule has 0 aromatic heterocycles. The number of anilines is 1. The molecule has 1 aliphatic carbocycles. The molecule has 3 heteroatoms. The van der Waals surface area contributed by atoms with Gasteiger partial charge in [-0.2, -0.15) is 0 Å². The van der Waals surface area contributed by atoms with E-state index in [1.54, 1.807) is 0 Å². The number of hydrogen-bond donors (Lipinski definition) is 0. The first-order valence-electron chi connectivity index (χ1n) is 10.2. The molecular formula is C23H30N2O. The third-order valence-electron chi connectivity index (χ3n) is 5.70. The molecule has 2 aromatic rings. The van der Waals surface area contributed by atoms with Crippen LogP contribution in [0.15, 0.2) is 48.5 Å². The van der Waals surface area contributed by atoms with Crippen LogP contribution in [0.5, 0.6) is 5.75 Å². The van der Waals surface area contributed by atoms with Gasteiger partial charge < -0.3 is 9.64 Å². The minimum Gasteiger partial charge on any atom is -0.494 e. The van der Waals surface area contributed by atoms with E-state index >= 15 is 0 Å². The fourth-order valence-corrected chi connectivity index (χ4v) is 4.13. The smallest absolute Gasteiger partial charge is 0.119 e. The average molecular weight is 351 g/mol. The van der Waals surface area contributed by atoms with Crippen LogP contribution in [0.4, 0.5) is 5.69 Å². The molecule has 0 atom stereocenters. The molecule has 0 radical (unpaired) electrons. The van der Waals surface area contributed by atoms with Crippen LogP contribution in [0.25, 0.3) is 0 Å². The van der Waals surface area contributed by atoms with Crippen molar-refractivity contribution in [3.63, 3.8) is 0 Å².